The van der Waals surface area contributed by atoms with Gasteiger partial charge >= 0.3 is 0 Å². The summed E-state index contributed by atoms with van der Waals surface area (Å²) in [5, 5.41) is 8.70. The first kappa shape index (κ1) is 14.1. The molecule has 1 aliphatic heterocycles. The zero-order valence-electron chi connectivity index (χ0n) is 12.2. The first-order valence-corrected chi connectivity index (χ1v) is 7.41. The minimum Gasteiger partial charge on any atom is -0.342 e. The van der Waals surface area contributed by atoms with Crippen molar-refractivity contribution in [1.29, 1.82) is 0 Å². The van der Waals surface area contributed by atoms with Gasteiger partial charge in [-0.25, -0.2) is 5.48 Å². The van der Waals surface area contributed by atoms with Gasteiger partial charge in [0.15, 0.2) is 0 Å². The lowest BCUT2D eigenvalue weighted by atomic mass is 9.71. The lowest BCUT2D eigenvalue weighted by Gasteiger charge is -2.34. The molecule has 0 saturated carbocycles. The summed E-state index contributed by atoms with van der Waals surface area (Å²) in [6, 6.07) is 5.54. The minimum atomic E-state index is -0.480. The molecule has 1 aromatic rings. The lowest BCUT2D eigenvalue weighted by molar-refractivity contribution is -0.127. The molecule has 0 aromatic heterocycles. The SMILES string of the molecule is CCN1C[C@]2(CCc3cc(C(=O)NO)ccc3C2)CC1=O. The second-order valence-corrected chi connectivity index (χ2v) is 6.19. The van der Waals surface area contributed by atoms with Crippen molar-refractivity contribution in [1.82, 2.24) is 10.4 Å². The van der Waals surface area contributed by atoms with E-state index in [-0.39, 0.29) is 11.3 Å². The van der Waals surface area contributed by atoms with E-state index in [1.807, 2.05) is 24.0 Å². The Morgan fingerprint density at radius 2 is 2.19 bits per heavy atom. The highest BCUT2D eigenvalue weighted by molar-refractivity contribution is 5.93. The number of hydroxylamine groups is 1. The molecule has 2 aliphatic rings. The van der Waals surface area contributed by atoms with Crippen LogP contribution in [0.1, 0.15) is 41.3 Å². The summed E-state index contributed by atoms with van der Waals surface area (Å²) >= 11 is 0. The van der Waals surface area contributed by atoms with Crippen LogP contribution in [0.25, 0.3) is 0 Å². The lowest BCUT2D eigenvalue weighted by Crippen LogP contribution is -2.33. The molecule has 1 aliphatic carbocycles. The van der Waals surface area contributed by atoms with Crippen LogP contribution in [-0.4, -0.2) is 35.0 Å². The first-order valence-electron chi connectivity index (χ1n) is 7.41. The van der Waals surface area contributed by atoms with E-state index in [2.05, 4.69) is 0 Å². The highest BCUT2D eigenvalue weighted by atomic mass is 16.5. The number of carbonyl (C=O) groups is 2. The summed E-state index contributed by atoms with van der Waals surface area (Å²) < 4.78 is 0. The van der Waals surface area contributed by atoms with E-state index in [4.69, 9.17) is 5.21 Å². The molecule has 112 valence electrons. The summed E-state index contributed by atoms with van der Waals surface area (Å²) in [5.74, 6) is -0.219. The van der Waals surface area contributed by atoms with Crippen LogP contribution in [0.5, 0.6) is 0 Å². The van der Waals surface area contributed by atoms with Gasteiger partial charge < -0.3 is 4.90 Å². The third kappa shape index (κ3) is 2.42. The average Bonchev–Trinajstić information content (AvgIpc) is 2.81. The van der Waals surface area contributed by atoms with Crippen molar-refractivity contribution < 1.29 is 14.8 Å². The number of benzene rings is 1. The molecular weight excluding hydrogens is 268 g/mol. The number of fused-ring (bicyclic) bond motifs is 1. The standard InChI is InChI=1S/C16H20N2O3/c1-2-18-10-16(9-14(18)19)6-5-11-7-12(15(20)17-21)3-4-13(11)8-16/h3-4,7,21H,2,5-6,8-10H2,1H3,(H,17,20)/t16-/m0/s1. The summed E-state index contributed by atoms with van der Waals surface area (Å²) in [6.45, 7) is 3.65. The fourth-order valence-electron chi connectivity index (χ4n) is 3.68. The van der Waals surface area contributed by atoms with E-state index < -0.39 is 5.91 Å². The Hall–Kier alpha value is -1.88. The van der Waals surface area contributed by atoms with Crippen molar-refractivity contribution in [2.75, 3.05) is 13.1 Å². The number of nitrogens with one attached hydrogen (secondary N) is 1. The largest absolute Gasteiger partial charge is 0.342 e. The van der Waals surface area contributed by atoms with Crippen LogP contribution in [0, 0.1) is 5.41 Å². The summed E-state index contributed by atoms with van der Waals surface area (Å²) in [6.07, 6.45) is 3.39. The van der Waals surface area contributed by atoms with Gasteiger partial charge in [0.25, 0.3) is 5.91 Å². The van der Waals surface area contributed by atoms with Crippen molar-refractivity contribution in [3.63, 3.8) is 0 Å². The maximum atomic E-state index is 12.0. The Bertz CT molecular complexity index is 599. The summed E-state index contributed by atoms with van der Waals surface area (Å²) in [4.78, 5) is 25.4. The number of amides is 2. The number of nitrogens with zero attached hydrogens (tertiary/aromatic N) is 1. The van der Waals surface area contributed by atoms with Gasteiger partial charge in [-0.3, -0.25) is 14.8 Å². The predicted molar refractivity (Wildman–Crippen MR) is 77.0 cm³/mol. The van der Waals surface area contributed by atoms with Gasteiger partial charge in [-0.1, -0.05) is 6.07 Å². The summed E-state index contributed by atoms with van der Waals surface area (Å²) in [5.41, 5.74) is 4.59. The van der Waals surface area contributed by atoms with Gasteiger partial charge in [-0.2, -0.15) is 0 Å². The van der Waals surface area contributed by atoms with Gasteiger partial charge in [0.05, 0.1) is 0 Å². The van der Waals surface area contributed by atoms with E-state index >= 15 is 0 Å². The molecule has 3 rings (SSSR count). The number of hydrogen-bond donors (Lipinski definition) is 2. The van der Waals surface area contributed by atoms with Crippen molar-refractivity contribution in [3.8, 4) is 0 Å². The van der Waals surface area contributed by atoms with Crippen molar-refractivity contribution in [2.45, 2.75) is 32.6 Å². The van der Waals surface area contributed by atoms with Gasteiger partial charge in [0.2, 0.25) is 5.91 Å². The first-order chi connectivity index (χ1) is 10.1. The number of aryl methyl sites for hydroxylation is 1. The van der Waals surface area contributed by atoms with Crippen LogP contribution in [0.4, 0.5) is 0 Å². The zero-order valence-corrected chi connectivity index (χ0v) is 12.2. The molecule has 1 atom stereocenters. The minimum absolute atomic E-state index is 0.0703. The Kier molecular flexibility index (Phi) is 3.45. The average molecular weight is 288 g/mol. The number of hydrogen-bond acceptors (Lipinski definition) is 3. The third-order valence-electron chi connectivity index (χ3n) is 4.85. The number of carbonyl (C=O) groups excluding carboxylic acids is 2. The Labute approximate surface area is 123 Å². The molecule has 0 radical (unpaired) electrons. The molecule has 5 heteroatoms. The molecule has 1 fully saturated rings. The third-order valence-corrected chi connectivity index (χ3v) is 4.85. The van der Waals surface area contributed by atoms with Crippen molar-refractivity contribution >= 4 is 11.8 Å². The van der Waals surface area contributed by atoms with Crippen LogP contribution in [0.15, 0.2) is 18.2 Å². The normalized spacial score (nSPS) is 24.3. The van der Waals surface area contributed by atoms with Crippen LogP contribution < -0.4 is 5.48 Å². The zero-order chi connectivity index (χ0) is 15.0. The van der Waals surface area contributed by atoms with Crippen molar-refractivity contribution in [3.05, 3.63) is 34.9 Å². The van der Waals surface area contributed by atoms with Crippen LogP contribution in [0.3, 0.4) is 0 Å². The number of likely N-dealkylation sites (tertiary alicyclic amines) is 1. The van der Waals surface area contributed by atoms with Gasteiger partial charge in [-0.15, -0.1) is 0 Å². The molecule has 5 nitrogen and oxygen atoms in total. The highest BCUT2D eigenvalue weighted by Crippen LogP contribution is 2.43. The van der Waals surface area contributed by atoms with E-state index in [1.165, 1.54) is 5.56 Å². The van der Waals surface area contributed by atoms with E-state index in [9.17, 15) is 9.59 Å². The molecule has 1 heterocycles. The van der Waals surface area contributed by atoms with Gasteiger partial charge in [-0.05, 0) is 49.4 Å². The van der Waals surface area contributed by atoms with Gasteiger partial charge in [0, 0.05) is 30.5 Å². The van der Waals surface area contributed by atoms with Crippen LogP contribution in [-0.2, 0) is 17.6 Å². The van der Waals surface area contributed by atoms with Crippen LogP contribution >= 0.6 is 0 Å². The molecular formula is C16H20N2O3. The molecule has 1 saturated heterocycles. The highest BCUT2D eigenvalue weighted by Gasteiger charge is 2.44. The molecule has 0 unspecified atom stereocenters. The molecule has 2 N–H and O–H groups in total. The van der Waals surface area contributed by atoms with E-state index in [0.29, 0.717) is 12.0 Å². The van der Waals surface area contributed by atoms with Gasteiger partial charge in [0.1, 0.15) is 0 Å². The fourth-order valence-corrected chi connectivity index (χ4v) is 3.68. The fraction of sp³-hybridized carbons (Fsp3) is 0.500. The molecule has 1 aromatic carbocycles. The van der Waals surface area contributed by atoms with Crippen molar-refractivity contribution in [2.24, 2.45) is 5.41 Å². The monoisotopic (exact) mass is 288 g/mol. The van der Waals surface area contributed by atoms with Crippen LogP contribution in [0.2, 0.25) is 0 Å². The Morgan fingerprint density at radius 1 is 1.38 bits per heavy atom. The molecule has 0 bridgehead atoms. The molecule has 1 spiro atoms. The number of rotatable bonds is 2. The second kappa shape index (κ2) is 5.15. The second-order valence-electron chi connectivity index (χ2n) is 6.19. The maximum Gasteiger partial charge on any atom is 0.274 e. The van der Waals surface area contributed by atoms with E-state index in [1.54, 1.807) is 11.5 Å². The molecule has 21 heavy (non-hydrogen) atoms. The topological polar surface area (TPSA) is 69.6 Å². The van der Waals surface area contributed by atoms with E-state index in [0.717, 1.165) is 37.9 Å². The smallest absolute Gasteiger partial charge is 0.274 e. The Balaban J connectivity index is 1.84. The quantitative estimate of drug-likeness (QED) is 0.640. The molecule has 2 amide bonds. The predicted octanol–water partition coefficient (Wildman–Crippen LogP) is 1.53. The maximum absolute atomic E-state index is 12.0. The Morgan fingerprint density at radius 3 is 2.86 bits per heavy atom. The summed E-state index contributed by atoms with van der Waals surface area (Å²) in [7, 11) is 0.